The van der Waals surface area contributed by atoms with Crippen LogP contribution in [0.3, 0.4) is 0 Å². The van der Waals surface area contributed by atoms with E-state index in [9.17, 15) is 45.3 Å². The summed E-state index contributed by atoms with van der Waals surface area (Å²) in [4.78, 5) is 24.3. The molecule has 7 N–H and O–H groups in total. The van der Waals surface area contributed by atoms with Crippen LogP contribution in [0, 0.1) is 0 Å². The van der Waals surface area contributed by atoms with Gasteiger partial charge in [-0.1, -0.05) is 12.1 Å². The number of rotatable bonds is 6. The number of ketones is 1. The van der Waals surface area contributed by atoms with E-state index < -0.39 is 77.3 Å². The van der Waals surface area contributed by atoms with Gasteiger partial charge in [-0.15, -0.1) is 0 Å². The molecule has 0 unspecified atom stereocenters. The normalized spacial score (nSPS) is 24.8. The van der Waals surface area contributed by atoms with Crippen LogP contribution in [0.15, 0.2) is 36.4 Å². The average molecular weight is 476 g/mol. The summed E-state index contributed by atoms with van der Waals surface area (Å²) in [5.41, 5.74) is -0.505. The van der Waals surface area contributed by atoms with Gasteiger partial charge in [-0.25, -0.2) is 4.79 Å². The topological polar surface area (TPSA) is 194 Å². The Kier molecular flexibility index (Phi) is 7.42. The Balaban J connectivity index is 1.98. The summed E-state index contributed by atoms with van der Waals surface area (Å²) in [7, 11) is 0. The van der Waals surface area contributed by atoms with Gasteiger partial charge in [0.2, 0.25) is 0 Å². The van der Waals surface area contributed by atoms with E-state index in [-0.39, 0.29) is 5.75 Å². The molecule has 5 atom stereocenters. The van der Waals surface area contributed by atoms with Crippen LogP contribution in [0.1, 0.15) is 34.5 Å². The number of carbonyl (C=O) groups is 2. The predicted octanol–water partition coefficient (Wildman–Crippen LogP) is 0.491. The van der Waals surface area contributed by atoms with Crippen molar-refractivity contribution in [3.8, 4) is 23.0 Å². The Morgan fingerprint density at radius 1 is 1.03 bits per heavy atom. The highest BCUT2D eigenvalue weighted by Crippen LogP contribution is 2.46. The number of benzene rings is 2. The number of phenols is 4. The number of ether oxygens (including phenoxy) is 2. The minimum atomic E-state index is -1.82. The van der Waals surface area contributed by atoms with E-state index in [2.05, 4.69) is 0 Å². The van der Waals surface area contributed by atoms with Gasteiger partial charge in [0.05, 0.1) is 12.2 Å². The van der Waals surface area contributed by atoms with E-state index in [1.807, 2.05) is 0 Å². The van der Waals surface area contributed by atoms with Gasteiger partial charge in [0, 0.05) is 12.1 Å². The molecule has 0 amide bonds. The van der Waals surface area contributed by atoms with Crippen LogP contribution in [0.2, 0.25) is 0 Å². The molecule has 0 aliphatic carbocycles. The van der Waals surface area contributed by atoms with Crippen molar-refractivity contribution in [3.63, 3.8) is 0 Å². The fourth-order valence-electron chi connectivity index (χ4n) is 3.66. The molecule has 1 fully saturated rings. The summed E-state index contributed by atoms with van der Waals surface area (Å²) in [5, 5.41) is 70.6. The van der Waals surface area contributed by atoms with Crippen molar-refractivity contribution in [2.75, 3.05) is 6.61 Å². The minimum Gasteiger partial charge on any atom is -0.508 e. The maximum Gasteiger partial charge on any atom is 0.331 e. The zero-order valence-electron chi connectivity index (χ0n) is 17.9. The Labute approximate surface area is 193 Å². The monoisotopic (exact) mass is 476 g/mol. The van der Waals surface area contributed by atoms with Gasteiger partial charge >= 0.3 is 5.97 Å². The van der Waals surface area contributed by atoms with Crippen LogP contribution in [-0.2, 0) is 14.3 Å². The highest BCUT2D eigenvalue weighted by Gasteiger charge is 2.49. The van der Waals surface area contributed by atoms with E-state index in [1.54, 1.807) is 0 Å². The van der Waals surface area contributed by atoms with Gasteiger partial charge in [-0.2, -0.15) is 0 Å². The Bertz CT molecular complexity index is 1090. The zero-order valence-corrected chi connectivity index (χ0v) is 17.9. The third-order valence-corrected chi connectivity index (χ3v) is 5.36. The number of Topliss-reactive ketones (excluding diaryl/α,β-unsaturated/α-hetero) is 1. The maximum atomic E-state index is 12.5. The van der Waals surface area contributed by atoms with E-state index >= 15 is 0 Å². The third kappa shape index (κ3) is 4.97. The van der Waals surface area contributed by atoms with Gasteiger partial charge in [0.25, 0.3) is 0 Å². The number of phenolic OH excluding ortho intramolecular Hbond substituents is 4. The van der Waals surface area contributed by atoms with Crippen LogP contribution in [-0.4, -0.2) is 78.5 Å². The molecule has 11 nitrogen and oxygen atoms in total. The van der Waals surface area contributed by atoms with Gasteiger partial charge in [0.15, 0.2) is 11.9 Å². The first-order chi connectivity index (χ1) is 16.0. The summed E-state index contributed by atoms with van der Waals surface area (Å²) in [6.07, 6.45) is -5.90. The molecule has 2 aromatic rings. The number of hydrogen-bond donors (Lipinski definition) is 7. The molecule has 11 heteroatoms. The lowest BCUT2D eigenvalue weighted by Crippen LogP contribution is -2.56. The molecular weight excluding hydrogens is 452 g/mol. The lowest BCUT2D eigenvalue weighted by molar-refractivity contribution is -0.240. The largest absolute Gasteiger partial charge is 0.508 e. The van der Waals surface area contributed by atoms with Crippen molar-refractivity contribution in [1.82, 2.24) is 0 Å². The van der Waals surface area contributed by atoms with E-state index in [4.69, 9.17) is 9.47 Å². The van der Waals surface area contributed by atoms with Gasteiger partial charge < -0.3 is 45.2 Å². The second kappa shape index (κ2) is 10.1. The van der Waals surface area contributed by atoms with E-state index in [1.165, 1.54) is 30.3 Å². The van der Waals surface area contributed by atoms with Crippen molar-refractivity contribution in [2.45, 2.75) is 37.4 Å². The molecule has 0 bridgehead atoms. The smallest absolute Gasteiger partial charge is 0.331 e. The van der Waals surface area contributed by atoms with Gasteiger partial charge in [-0.05, 0) is 30.7 Å². The number of aliphatic hydroxyl groups is 3. The minimum absolute atomic E-state index is 0.0240. The predicted molar refractivity (Wildman–Crippen MR) is 115 cm³/mol. The fraction of sp³-hybridized carbons (Fsp3) is 0.304. The van der Waals surface area contributed by atoms with Crippen molar-refractivity contribution in [2.24, 2.45) is 0 Å². The van der Waals surface area contributed by atoms with Gasteiger partial charge in [0.1, 0.15) is 53.0 Å². The molecule has 1 aliphatic rings. The summed E-state index contributed by atoms with van der Waals surface area (Å²) in [5.74, 6) is -4.06. The zero-order chi connectivity index (χ0) is 25.2. The Morgan fingerprint density at radius 3 is 2.26 bits per heavy atom. The number of esters is 1. The highest BCUT2D eigenvalue weighted by molar-refractivity contribution is 6.00. The number of aromatic hydroxyl groups is 4. The molecule has 182 valence electrons. The molecule has 3 rings (SSSR count). The molecule has 0 saturated carbocycles. The molecule has 2 aromatic carbocycles. The quantitative estimate of drug-likeness (QED) is 0.174. The first kappa shape index (κ1) is 25.0. The molecule has 0 aromatic heterocycles. The van der Waals surface area contributed by atoms with E-state index in [0.717, 1.165) is 19.1 Å². The van der Waals surface area contributed by atoms with Crippen molar-refractivity contribution < 1.29 is 54.8 Å². The van der Waals surface area contributed by atoms with Gasteiger partial charge in [-0.3, -0.25) is 4.79 Å². The van der Waals surface area contributed by atoms with Crippen LogP contribution < -0.4 is 0 Å². The standard InChI is InChI=1S/C23H24O11/c1-10(25)17-13(27)8-14(28)18(20(17)31)22-23(21(32)19(30)15(9-24)33-22)34-16(29)7-4-11-2-5-12(26)6-3-11/h2-8,15,19,21-24,26-28,30-32H,9H2,1H3/b7-4+/t15-,19+,21-,22+,23+/m0/s1. The lowest BCUT2D eigenvalue weighted by atomic mass is 9.88. The molecule has 34 heavy (non-hydrogen) atoms. The van der Waals surface area contributed by atoms with Crippen LogP contribution in [0.5, 0.6) is 23.0 Å². The van der Waals surface area contributed by atoms with E-state index in [0.29, 0.717) is 5.56 Å². The Hall–Kier alpha value is -3.64. The SMILES string of the molecule is CC(=O)c1c(O)cc(O)c([C@H]2O[C@@H](CO)[C@@H](O)[C@H](O)[C@H]2OC(=O)/C=C/c2ccc(O)cc2)c1O. The van der Waals surface area contributed by atoms with Crippen molar-refractivity contribution in [3.05, 3.63) is 53.1 Å². The van der Waals surface area contributed by atoms with Crippen molar-refractivity contribution in [1.29, 1.82) is 0 Å². The molecule has 1 saturated heterocycles. The highest BCUT2D eigenvalue weighted by atomic mass is 16.6. The summed E-state index contributed by atoms with van der Waals surface area (Å²) in [6.45, 7) is 0.285. The molecule has 0 radical (unpaired) electrons. The Morgan fingerprint density at radius 2 is 1.68 bits per heavy atom. The number of aliphatic hydroxyl groups excluding tert-OH is 3. The first-order valence-electron chi connectivity index (χ1n) is 10.1. The summed E-state index contributed by atoms with van der Waals surface area (Å²) in [6, 6.07) is 6.60. The first-order valence-corrected chi connectivity index (χ1v) is 10.1. The number of hydrogen-bond acceptors (Lipinski definition) is 11. The van der Waals surface area contributed by atoms with Crippen LogP contribution in [0.4, 0.5) is 0 Å². The molecule has 1 heterocycles. The van der Waals surface area contributed by atoms with Crippen LogP contribution >= 0.6 is 0 Å². The third-order valence-electron chi connectivity index (χ3n) is 5.36. The second-order valence-corrected chi connectivity index (χ2v) is 7.69. The molecular formula is C23H24O11. The maximum absolute atomic E-state index is 12.5. The average Bonchev–Trinajstić information content (AvgIpc) is 2.77. The second-order valence-electron chi connectivity index (χ2n) is 7.69. The summed E-state index contributed by atoms with van der Waals surface area (Å²) >= 11 is 0. The molecule has 1 aliphatic heterocycles. The van der Waals surface area contributed by atoms with Crippen molar-refractivity contribution >= 4 is 17.8 Å². The number of carbonyl (C=O) groups excluding carboxylic acids is 2. The molecule has 0 spiro atoms. The van der Waals surface area contributed by atoms with Crippen LogP contribution in [0.25, 0.3) is 6.08 Å². The summed E-state index contributed by atoms with van der Waals surface area (Å²) < 4.78 is 10.8. The lowest BCUT2D eigenvalue weighted by Gasteiger charge is -2.42. The fourth-order valence-corrected chi connectivity index (χ4v) is 3.66.